The monoisotopic (exact) mass is 268 g/mol. The molecule has 0 radical (unpaired) electrons. The average Bonchev–Trinajstić information content (AvgIpc) is 2.77. The van der Waals surface area contributed by atoms with Gasteiger partial charge in [-0.05, 0) is 25.7 Å². The second-order valence-corrected chi connectivity index (χ2v) is 5.65. The molecule has 1 saturated heterocycles. The highest BCUT2D eigenvalue weighted by Gasteiger charge is 2.30. The third-order valence-corrected chi connectivity index (χ3v) is 4.26. The number of carboxylic acid groups (broad SMARTS) is 1. The van der Waals surface area contributed by atoms with Crippen molar-refractivity contribution in [2.24, 2.45) is 0 Å². The number of carbonyl (C=O) groups is 2. The van der Waals surface area contributed by atoms with E-state index in [0.717, 1.165) is 32.1 Å². The van der Waals surface area contributed by atoms with Gasteiger partial charge in [-0.1, -0.05) is 25.7 Å². The first-order valence-corrected chi connectivity index (χ1v) is 7.44. The highest BCUT2D eigenvalue weighted by atomic mass is 16.4. The number of nitrogens with one attached hydrogen (secondary N) is 1. The van der Waals surface area contributed by atoms with Gasteiger partial charge in [-0.15, -0.1) is 0 Å². The van der Waals surface area contributed by atoms with Crippen LogP contribution >= 0.6 is 0 Å². The lowest BCUT2D eigenvalue weighted by Gasteiger charge is -2.27. The van der Waals surface area contributed by atoms with E-state index < -0.39 is 12.0 Å². The predicted molar refractivity (Wildman–Crippen MR) is 71.9 cm³/mol. The summed E-state index contributed by atoms with van der Waals surface area (Å²) in [7, 11) is 0. The summed E-state index contributed by atoms with van der Waals surface area (Å²) in [5, 5.41) is 12.5. The van der Waals surface area contributed by atoms with Crippen LogP contribution in [-0.2, 0) is 9.59 Å². The number of amides is 1. The van der Waals surface area contributed by atoms with E-state index in [0.29, 0.717) is 19.0 Å². The van der Waals surface area contributed by atoms with E-state index in [2.05, 4.69) is 5.32 Å². The summed E-state index contributed by atoms with van der Waals surface area (Å²) in [5.74, 6) is -0.919. The molecule has 1 heterocycles. The summed E-state index contributed by atoms with van der Waals surface area (Å²) in [6.07, 6.45) is 8.15. The van der Waals surface area contributed by atoms with Crippen molar-refractivity contribution < 1.29 is 14.7 Å². The van der Waals surface area contributed by atoms with Gasteiger partial charge in [0.25, 0.3) is 0 Å². The SMILES string of the molecule is O=C(O)C1CCCCCN1C(=O)CNC1CCCC1. The third-order valence-electron chi connectivity index (χ3n) is 4.26. The fourth-order valence-corrected chi connectivity index (χ4v) is 3.13. The Hall–Kier alpha value is -1.10. The van der Waals surface area contributed by atoms with Crippen LogP contribution in [0.5, 0.6) is 0 Å². The standard InChI is InChI=1S/C14H24N2O3/c17-13(10-15-11-6-3-4-7-11)16-9-5-1-2-8-12(16)14(18)19/h11-12,15H,1-10H2,(H,18,19). The molecule has 2 aliphatic rings. The Balaban J connectivity index is 1.88. The molecule has 1 aliphatic heterocycles. The molecular formula is C14H24N2O3. The van der Waals surface area contributed by atoms with Gasteiger partial charge >= 0.3 is 5.97 Å². The summed E-state index contributed by atoms with van der Waals surface area (Å²) in [6.45, 7) is 0.872. The Morgan fingerprint density at radius 3 is 2.42 bits per heavy atom. The molecule has 2 fully saturated rings. The lowest BCUT2D eigenvalue weighted by atomic mass is 10.1. The zero-order valence-corrected chi connectivity index (χ0v) is 11.4. The molecule has 0 spiro atoms. The van der Waals surface area contributed by atoms with Crippen LogP contribution in [0.2, 0.25) is 0 Å². The summed E-state index contributed by atoms with van der Waals surface area (Å²) < 4.78 is 0. The number of aliphatic carboxylic acids is 1. The fraction of sp³-hybridized carbons (Fsp3) is 0.857. The van der Waals surface area contributed by atoms with Gasteiger partial charge in [-0.3, -0.25) is 4.79 Å². The number of nitrogens with zero attached hydrogens (tertiary/aromatic N) is 1. The summed E-state index contributed by atoms with van der Waals surface area (Å²) in [6, 6.07) is -0.181. The van der Waals surface area contributed by atoms with Gasteiger partial charge in [0, 0.05) is 12.6 Å². The third kappa shape index (κ3) is 3.93. The van der Waals surface area contributed by atoms with E-state index in [1.54, 1.807) is 4.90 Å². The van der Waals surface area contributed by atoms with Crippen LogP contribution < -0.4 is 5.32 Å². The van der Waals surface area contributed by atoms with Gasteiger partial charge < -0.3 is 15.3 Å². The first-order chi connectivity index (χ1) is 9.18. The molecule has 1 unspecified atom stereocenters. The van der Waals surface area contributed by atoms with Crippen LogP contribution in [0.4, 0.5) is 0 Å². The van der Waals surface area contributed by atoms with Crippen molar-refractivity contribution >= 4 is 11.9 Å². The van der Waals surface area contributed by atoms with Crippen molar-refractivity contribution in [1.29, 1.82) is 0 Å². The topological polar surface area (TPSA) is 69.6 Å². The fourth-order valence-electron chi connectivity index (χ4n) is 3.13. The van der Waals surface area contributed by atoms with Crippen molar-refractivity contribution in [3.05, 3.63) is 0 Å². The number of hydrogen-bond donors (Lipinski definition) is 2. The van der Waals surface area contributed by atoms with Crippen LogP contribution in [0.3, 0.4) is 0 Å². The zero-order chi connectivity index (χ0) is 13.7. The summed E-state index contributed by atoms with van der Waals surface area (Å²) in [4.78, 5) is 25.1. The van der Waals surface area contributed by atoms with Crippen LogP contribution in [0.25, 0.3) is 0 Å². The minimum atomic E-state index is -0.865. The van der Waals surface area contributed by atoms with Crippen molar-refractivity contribution in [3.8, 4) is 0 Å². The Labute approximate surface area is 114 Å². The first-order valence-electron chi connectivity index (χ1n) is 7.44. The second kappa shape index (κ2) is 6.89. The molecule has 0 aromatic rings. The molecule has 19 heavy (non-hydrogen) atoms. The first kappa shape index (κ1) is 14.3. The maximum Gasteiger partial charge on any atom is 0.326 e. The Morgan fingerprint density at radius 1 is 1.05 bits per heavy atom. The number of carboxylic acids is 1. The molecule has 108 valence electrons. The predicted octanol–water partition coefficient (Wildman–Crippen LogP) is 1.37. The zero-order valence-electron chi connectivity index (χ0n) is 11.4. The van der Waals surface area contributed by atoms with Gasteiger partial charge in [0.1, 0.15) is 6.04 Å². The minimum Gasteiger partial charge on any atom is -0.480 e. The number of carbonyl (C=O) groups excluding carboxylic acids is 1. The molecule has 2 N–H and O–H groups in total. The van der Waals surface area contributed by atoms with Gasteiger partial charge in [0.05, 0.1) is 6.54 Å². The van der Waals surface area contributed by atoms with E-state index in [-0.39, 0.29) is 12.5 Å². The lowest BCUT2D eigenvalue weighted by molar-refractivity contribution is -0.149. The Bertz CT molecular complexity index is 327. The van der Waals surface area contributed by atoms with Crippen molar-refractivity contribution in [3.63, 3.8) is 0 Å². The largest absolute Gasteiger partial charge is 0.480 e. The number of hydrogen-bond acceptors (Lipinski definition) is 3. The van der Waals surface area contributed by atoms with Gasteiger partial charge in [0.15, 0.2) is 0 Å². The molecule has 1 aliphatic carbocycles. The van der Waals surface area contributed by atoms with E-state index >= 15 is 0 Å². The molecule has 0 aromatic carbocycles. The van der Waals surface area contributed by atoms with Gasteiger partial charge in [-0.25, -0.2) is 4.79 Å². The molecule has 5 nitrogen and oxygen atoms in total. The minimum absolute atomic E-state index is 0.0544. The normalized spacial score (nSPS) is 25.3. The van der Waals surface area contributed by atoms with Crippen molar-refractivity contribution in [1.82, 2.24) is 10.2 Å². The van der Waals surface area contributed by atoms with Crippen LogP contribution in [0, 0.1) is 0 Å². The molecule has 2 rings (SSSR count). The lowest BCUT2D eigenvalue weighted by Crippen LogP contribution is -2.48. The Morgan fingerprint density at radius 2 is 1.74 bits per heavy atom. The smallest absolute Gasteiger partial charge is 0.326 e. The second-order valence-electron chi connectivity index (χ2n) is 5.65. The van der Waals surface area contributed by atoms with Crippen molar-refractivity contribution in [2.45, 2.75) is 63.5 Å². The van der Waals surface area contributed by atoms with E-state index in [1.165, 1.54) is 12.8 Å². The molecule has 1 atom stereocenters. The van der Waals surface area contributed by atoms with E-state index in [4.69, 9.17) is 0 Å². The molecule has 0 aromatic heterocycles. The molecular weight excluding hydrogens is 244 g/mol. The Kier molecular flexibility index (Phi) is 5.19. The van der Waals surface area contributed by atoms with Crippen LogP contribution in [0.1, 0.15) is 51.4 Å². The highest BCUT2D eigenvalue weighted by molar-refractivity contribution is 5.84. The number of likely N-dealkylation sites (tertiary alicyclic amines) is 1. The van der Waals surface area contributed by atoms with Crippen LogP contribution in [0.15, 0.2) is 0 Å². The maximum absolute atomic E-state index is 12.2. The molecule has 5 heteroatoms. The quantitative estimate of drug-likeness (QED) is 0.808. The highest BCUT2D eigenvalue weighted by Crippen LogP contribution is 2.19. The van der Waals surface area contributed by atoms with Crippen molar-refractivity contribution in [2.75, 3.05) is 13.1 Å². The van der Waals surface area contributed by atoms with Gasteiger partial charge in [-0.2, -0.15) is 0 Å². The summed E-state index contributed by atoms with van der Waals surface area (Å²) >= 11 is 0. The molecule has 1 amide bonds. The van der Waals surface area contributed by atoms with E-state index in [9.17, 15) is 14.7 Å². The molecule has 1 saturated carbocycles. The van der Waals surface area contributed by atoms with E-state index in [1.807, 2.05) is 0 Å². The van der Waals surface area contributed by atoms with Gasteiger partial charge in [0.2, 0.25) is 5.91 Å². The summed E-state index contributed by atoms with van der Waals surface area (Å²) in [5.41, 5.74) is 0. The average molecular weight is 268 g/mol. The molecule has 0 bridgehead atoms. The van der Waals surface area contributed by atoms with Crippen LogP contribution in [-0.4, -0.2) is 47.1 Å². The number of rotatable bonds is 4. The maximum atomic E-state index is 12.2.